The number of allylic oxidation sites excluding steroid dienone is 4. The van der Waals surface area contributed by atoms with Crippen LogP contribution in [0.1, 0.15) is 25.0 Å². The van der Waals surface area contributed by atoms with E-state index in [0.717, 1.165) is 5.57 Å². The van der Waals surface area contributed by atoms with Crippen LogP contribution in [-0.2, 0) is 0 Å². The second-order valence-corrected chi connectivity index (χ2v) is 3.79. The molecule has 0 N–H and O–H groups in total. The van der Waals surface area contributed by atoms with Crippen molar-refractivity contribution in [2.45, 2.75) is 20.8 Å². The first-order chi connectivity index (χ1) is 7.07. The van der Waals surface area contributed by atoms with Crippen molar-refractivity contribution in [3.63, 3.8) is 0 Å². The molecule has 0 spiro atoms. The van der Waals surface area contributed by atoms with Gasteiger partial charge in [-0.3, -0.25) is 0 Å². The molecular weight excluding hydrogens is 180 g/mol. The van der Waals surface area contributed by atoms with Gasteiger partial charge < -0.3 is 0 Å². The Morgan fingerprint density at radius 2 is 1.80 bits per heavy atom. The fraction of sp³-hybridized carbons (Fsp3) is 0.200. The summed E-state index contributed by atoms with van der Waals surface area (Å²) in [5, 5.41) is 0. The van der Waals surface area contributed by atoms with Crippen LogP contribution >= 0.6 is 0 Å². The minimum atomic E-state index is 0.996. The highest BCUT2D eigenvalue weighted by Gasteiger charge is 2.03. The third-order valence-electron chi connectivity index (χ3n) is 2.84. The quantitative estimate of drug-likeness (QED) is 0.626. The molecule has 15 heavy (non-hydrogen) atoms. The summed E-state index contributed by atoms with van der Waals surface area (Å²) in [6.07, 6.45) is 1.80. The summed E-state index contributed by atoms with van der Waals surface area (Å²) in [4.78, 5) is 0. The maximum atomic E-state index is 3.97. The monoisotopic (exact) mass is 198 g/mol. The van der Waals surface area contributed by atoms with E-state index in [2.05, 4.69) is 58.2 Å². The number of hydrogen-bond acceptors (Lipinski definition) is 0. The molecule has 0 radical (unpaired) electrons. The van der Waals surface area contributed by atoms with Crippen molar-refractivity contribution in [1.82, 2.24) is 0 Å². The summed E-state index contributed by atoms with van der Waals surface area (Å²) >= 11 is 0. The fourth-order valence-electron chi connectivity index (χ4n) is 1.59. The predicted molar refractivity (Wildman–Crippen MR) is 68.8 cm³/mol. The van der Waals surface area contributed by atoms with Crippen LogP contribution in [0.15, 0.2) is 54.6 Å². The lowest BCUT2D eigenvalue weighted by atomic mass is 9.95. The zero-order chi connectivity index (χ0) is 11.4. The second kappa shape index (κ2) is 4.79. The number of hydrogen-bond donors (Lipinski definition) is 0. The lowest BCUT2D eigenvalue weighted by Crippen LogP contribution is -1.90. The summed E-state index contributed by atoms with van der Waals surface area (Å²) in [6.45, 7) is 14.1. The normalized spacial score (nSPS) is 11.9. The van der Waals surface area contributed by atoms with Crippen molar-refractivity contribution in [2.75, 3.05) is 0 Å². The van der Waals surface area contributed by atoms with Gasteiger partial charge in [-0.2, -0.15) is 0 Å². The average Bonchev–Trinajstić information content (AvgIpc) is 2.26. The van der Waals surface area contributed by atoms with Gasteiger partial charge >= 0.3 is 0 Å². The van der Waals surface area contributed by atoms with Crippen LogP contribution in [0.4, 0.5) is 0 Å². The van der Waals surface area contributed by atoms with Gasteiger partial charge in [-0.1, -0.05) is 43.5 Å². The zero-order valence-electron chi connectivity index (χ0n) is 9.80. The SMILES string of the molecule is C=CC(=C)/C(C)=C(\C)c1ccccc1C. The van der Waals surface area contributed by atoms with Crippen molar-refractivity contribution in [3.05, 3.63) is 65.8 Å². The third-order valence-corrected chi connectivity index (χ3v) is 2.84. The second-order valence-electron chi connectivity index (χ2n) is 3.79. The molecule has 0 saturated heterocycles. The van der Waals surface area contributed by atoms with E-state index in [0.29, 0.717) is 0 Å². The van der Waals surface area contributed by atoms with Gasteiger partial charge in [0.15, 0.2) is 0 Å². The lowest BCUT2D eigenvalue weighted by Gasteiger charge is -2.10. The van der Waals surface area contributed by atoms with Gasteiger partial charge in [-0.25, -0.2) is 0 Å². The standard InChI is InChI=1S/C15H18/c1-6-11(2)13(4)14(5)15-10-8-7-9-12(15)3/h6-10H,1-2H2,3-5H3/b14-13+. The molecular formula is C15H18. The maximum absolute atomic E-state index is 3.97. The van der Waals surface area contributed by atoms with E-state index < -0.39 is 0 Å². The van der Waals surface area contributed by atoms with Crippen molar-refractivity contribution in [1.29, 1.82) is 0 Å². The largest absolute Gasteiger partial charge is 0.0985 e. The molecule has 0 amide bonds. The minimum absolute atomic E-state index is 0.996. The average molecular weight is 198 g/mol. The van der Waals surface area contributed by atoms with Crippen molar-refractivity contribution >= 4 is 5.57 Å². The topological polar surface area (TPSA) is 0 Å². The van der Waals surface area contributed by atoms with Crippen LogP contribution < -0.4 is 0 Å². The molecule has 0 aliphatic heterocycles. The Morgan fingerprint density at radius 1 is 1.20 bits per heavy atom. The highest BCUT2D eigenvalue weighted by molar-refractivity contribution is 5.73. The molecule has 0 heterocycles. The maximum Gasteiger partial charge on any atom is -0.0195 e. The zero-order valence-corrected chi connectivity index (χ0v) is 9.80. The van der Waals surface area contributed by atoms with E-state index in [1.165, 1.54) is 22.3 Å². The number of aryl methyl sites for hydroxylation is 1. The van der Waals surface area contributed by atoms with Gasteiger partial charge in [0.2, 0.25) is 0 Å². The van der Waals surface area contributed by atoms with Crippen LogP contribution in [0.25, 0.3) is 5.57 Å². The van der Waals surface area contributed by atoms with Crippen LogP contribution in [0.2, 0.25) is 0 Å². The highest BCUT2D eigenvalue weighted by atomic mass is 14.1. The van der Waals surface area contributed by atoms with Gasteiger partial charge in [0.25, 0.3) is 0 Å². The van der Waals surface area contributed by atoms with E-state index in [9.17, 15) is 0 Å². The predicted octanol–water partition coefficient (Wildman–Crippen LogP) is 4.53. The van der Waals surface area contributed by atoms with Crippen molar-refractivity contribution in [2.24, 2.45) is 0 Å². The smallest absolute Gasteiger partial charge is 0.0195 e. The Morgan fingerprint density at radius 3 is 2.33 bits per heavy atom. The Balaban J connectivity index is 3.24. The van der Waals surface area contributed by atoms with Crippen LogP contribution in [0.3, 0.4) is 0 Å². The molecule has 78 valence electrons. The van der Waals surface area contributed by atoms with E-state index in [1.807, 2.05) is 0 Å². The molecule has 0 aliphatic rings. The molecule has 0 nitrogen and oxygen atoms in total. The van der Waals surface area contributed by atoms with E-state index >= 15 is 0 Å². The summed E-state index contributed by atoms with van der Waals surface area (Å²) in [5.74, 6) is 0. The summed E-state index contributed by atoms with van der Waals surface area (Å²) in [5.41, 5.74) is 6.07. The van der Waals surface area contributed by atoms with Crippen molar-refractivity contribution < 1.29 is 0 Å². The Hall–Kier alpha value is -1.56. The Labute approximate surface area is 92.6 Å². The molecule has 1 rings (SSSR count). The molecule has 0 fully saturated rings. The first kappa shape index (κ1) is 11.5. The number of rotatable bonds is 3. The lowest BCUT2D eigenvalue weighted by molar-refractivity contribution is 1.36. The minimum Gasteiger partial charge on any atom is -0.0985 e. The van der Waals surface area contributed by atoms with E-state index in [-0.39, 0.29) is 0 Å². The molecule has 0 unspecified atom stereocenters. The van der Waals surface area contributed by atoms with Crippen LogP contribution in [0, 0.1) is 6.92 Å². The van der Waals surface area contributed by atoms with Gasteiger partial charge in [-0.05, 0) is 48.6 Å². The number of benzene rings is 1. The molecule has 0 saturated carbocycles. The molecule has 1 aromatic carbocycles. The van der Waals surface area contributed by atoms with E-state index in [4.69, 9.17) is 0 Å². The van der Waals surface area contributed by atoms with Gasteiger partial charge in [0, 0.05) is 0 Å². The summed E-state index contributed by atoms with van der Waals surface area (Å²) in [6, 6.07) is 8.40. The summed E-state index contributed by atoms with van der Waals surface area (Å²) in [7, 11) is 0. The molecule has 0 atom stereocenters. The van der Waals surface area contributed by atoms with Gasteiger partial charge in [0.05, 0.1) is 0 Å². The fourth-order valence-corrected chi connectivity index (χ4v) is 1.59. The third kappa shape index (κ3) is 2.47. The van der Waals surface area contributed by atoms with Crippen LogP contribution in [-0.4, -0.2) is 0 Å². The molecule has 1 aromatic rings. The summed E-state index contributed by atoms with van der Waals surface area (Å²) < 4.78 is 0. The molecule has 0 aliphatic carbocycles. The first-order valence-corrected chi connectivity index (χ1v) is 5.13. The first-order valence-electron chi connectivity index (χ1n) is 5.13. The Kier molecular flexibility index (Phi) is 3.68. The molecule has 0 aromatic heterocycles. The highest BCUT2D eigenvalue weighted by Crippen LogP contribution is 2.24. The van der Waals surface area contributed by atoms with E-state index in [1.54, 1.807) is 6.08 Å². The van der Waals surface area contributed by atoms with Crippen molar-refractivity contribution in [3.8, 4) is 0 Å². The Bertz CT molecular complexity index is 419. The van der Waals surface area contributed by atoms with Gasteiger partial charge in [-0.15, -0.1) is 0 Å². The van der Waals surface area contributed by atoms with Crippen LogP contribution in [0.5, 0.6) is 0 Å². The molecule has 0 heteroatoms. The van der Waals surface area contributed by atoms with Gasteiger partial charge in [0.1, 0.15) is 0 Å². The molecule has 0 bridgehead atoms.